The van der Waals surface area contributed by atoms with E-state index in [0.717, 1.165) is 47.6 Å². The Morgan fingerprint density at radius 2 is 1.83 bits per heavy atom. The second-order valence-corrected chi connectivity index (χ2v) is 8.55. The van der Waals surface area contributed by atoms with Crippen molar-refractivity contribution in [1.29, 1.82) is 0 Å². The molecule has 0 saturated carbocycles. The molecule has 2 aromatic rings. The second kappa shape index (κ2) is 9.14. The molecule has 1 aromatic heterocycles. The fraction of sp³-hybridized carbons (Fsp3) is 0.409. The van der Waals surface area contributed by atoms with Crippen molar-refractivity contribution in [2.45, 2.75) is 19.0 Å². The molecular formula is C22H25BrN4O3. The first kappa shape index (κ1) is 20.8. The predicted molar refractivity (Wildman–Crippen MR) is 117 cm³/mol. The smallest absolute Gasteiger partial charge is 0.328 e. The lowest BCUT2D eigenvalue weighted by Gasteiger charge is -2.38. The average molecular weight is 473 g/mol. The van der Waals surface area contributed by atoms with Gasteiger partial charge >= 0.3 is 5.97 Å². The number of anilines is 1. The van der Waals surface area contributed by atoms with Gasteiger partial charge in [0.25, 0.3) is 0 Å². The molecule has 1 unspecified atom stereocenters. The maximum absolute atomic E-state index is 13.1. The number of carbonyl (C=O) groups excluding carboxylic acids is 2. The summed E-state index contributed by atoms with van der Waals surface area (Å²) in [5, 5.41) is 0. The number of halogens is 1. The summed E-state index contributed by atoms with van der Waals surface area (Å²) in [5.41, 5.74) is 2.20. The van der Waals surface area contributed by atoms with Gasteiger partial charge in [0.15, 0.2) is 0 Å². The van der Waals surface area contributed by atoms with Crippen molar-refractivity contribution in [3.63, 3.8) is 0 Å². The van der Waals surface area contributed by atoms with E-state index in [0.29, 0.717) is 19.5 Å². The fourth-order valence-electron chi connectivity index (χ4n) is 4.10. The molecule has 0 N–H and O–H groups in total. The number of aromatic nitrogens is 1. The Hall–Kier alpha value is -2.45. The molecule has 158 valence electrons. The van der Waals surface area contributed by atoms with E-state index in [1.165, 1.54) is 7.11 Å². The van der Waals surface area contributed by atoms with E-state index in [-0.39, 0.29) is 11.9 Å². The van der Waals surface area contributed by atoms with E-state index in [1.54, 1.807) is 11.1 Å². The van der Waals surface area contributed by atoms with Crippen molar-refractivity contribution < 1.29 is 14.3 Å². The van der Waals surface area contributed by atoms with Crippen LogP contribution in [-0.2, 0) is 27.3 Å². The standard InChI is InChI=1S/C22H25BrN4O3/c1-30-22(29)19-12-16-4-2-3-5-17(16)14-27(19)21(28)15-25-8-10-26(11-9-25)20-7-6-18(23)13-24-20/h2-7,13,19H,8-12,14-15H2,1H3. The van der Waals surface area contributed by atoms with Crippen LogP contribution in [0.25, 0.3) is 0 Å². The second-order valence-electron chi connectivity index (χ2n) is 7.63. The number of nitrogens with zero attached hydrogens (tertiary/aromatic N) is 4. The Morgan fingerprint density at radius 1 is 1.10 bits per heavy atom. The van der Waals surface area contributed by atoms with Crippen LogP contribution in [0.5, 0.6) is 0 Å². The highest BCUT2D eigenvalue weighted by Crippen LogP contribution is 2.24. The van der Waals surface area contributed by atoms with Crippen molar-refractivity contribution >= 4 is 33.6 Å². The van der Waals surface area contributed by atoms with Gasteiger partial charge in [-0.15, -0.1) is 0 Å². The Morgan fingerprint density at radius 3 is 2.50 bits per heavy atom. The fourth-order valence-corrected chi connectivity index (χ4v) is 4.34. The summed E-state index contributed by atoms with van der Waals surface area (Å²) in [4.78, 5) is 36.0. The molecular weight excluding hydrogens is 448 g/mol. The molecule has 7 nitrogen and oxygen atoms in total. The van der Waals surface area contributed by atoms with Crippen LogP contribution in [0, 0.1) is 0 Å². The number of esters is 1. The zero-order valence-electron chi connectivity index (χ0n) is 17.0. The summed E-state index contributed by atoms with van der Waals surface area (Å²) < 4.78 is 5.94. The molecule has 8 heteroatoms. The van der Waals surface area contributed by atoms with Gasteiger partial charge in [-0.2, -0.15) is 0 Å². The minimum absolute atomic E-state index is 0.0323. The summed E-state index contributed by atoms with van der Waals surface area (Å²) in [5.74, 6) is 0.557. The monoisotopic (exact) mass is 472 g/mol. The normalized spacial score (nSPS) is 19.3. The third-order valence-corrected chi connectivity index (χ3v) is 6.28. The van der Waals surface area contributed by atoms with Gasteiger partial charge < -0.3 is 14.5 Å². The lowest BCUT2D eigenvalue weighted by molar-refractivity contribution is -0.154. The van der Waals surface area contributed by atoms with E-state index >= 15 is 0 Å². The number of benzene rings is 1. The van der Waals surface area contributed by atoms with Gasteiger partial charge in [0.2, 0.25) is 5.91 Å². The quantitative estimate of drug-likeness (QED) is 0.634. The molecule has 0 spiro atoms. The van der Waals surface area contributed by atoms with Gasteiger partial charge in [0.1, 0.15) is 11.9 Å². The van der Waals surface area contributed by atoms with Gasteiger partial charge in [-0.05, 0) is 39.2 Å². The first-order chi connectivity index (χ1) is 14.5. The van der Waals surface area contributed by atoms with Crippen LogP contribution in [0.2, 0.25) is 0 Å². The van der Waals surface area contributed by atoms with Crippen molar-refractivity contribution in [3.05, 3.63) is 58.2 Å². The molecule has 1 aromatic carbocycles. The summed E-state index contributed by atoms with van der Waals surface area (Å²) in [6.45, 7) is 3.92. The van der Waals surface area contributed by atoms with Gasteiger partial charge in [-0.25, -0.2) is 9.78 Å². The molecule has 1 amide bonds. The average Bonchev–Trinajstić information content (AvgIpc) is 2.78. The number of hydrogen-bond donors (Lipinski definition) is 0. The zero-order chi connectivity index (χ0) is 21.1. The number of hydrogen-bond acceptors (Lipinski definition) is 6. The maximum atomic E-state index is 13.1. The minimum atomic E-state index is -0.564. The third-order valence-electron chi connectivity index (χ3n) is 5.81. The summed E-state index contributed by atoms with van der Waals surface area (Å²) in [6.07, 6.45) is 2.30. The van der Waals surface area contributed by atoms with Crippen LogP contribution < -0.4 is 4.90 Å². The van der Waals surface area contributed by atoms with Crippen molar-refractivity contribution in [3.8, 4) is 0 Å². The largest absolute Gasteiger partial charge is 0.467 e. The van der Waals surface area contributed by atoms with Gasteiger partial charge in [0, 0.05) is 49.8 Å². The van der Waals surface area contributed by atoms with Crippen LogP contribution in [0.4, 0.5) is 5.82 Å². The van der Waals surface area contributed by atoms with Crippen LogP contribution in [0.15, 0.2) is 47.1 Å². The van der Waals surface area contributed by atoms with Crippen molar-refractivity contribution in [1.82, 2.24) is 14.8 Å². The van der Waals surface area contributed by atoms with Gasteiger partial charge in [-0.3, -0.25) is 9.69 Å². The number of methoxy groups -OCH3 is 1. The molecule has 2 aliphatic rings. The Labute approximate surface area is 184 Å². The number of pyridine rings is 1. The Kier molecular flexibility index (Phi) is 6.34. The van der Waals surface area contributed by atoms with E-state index in [1.807, 2.05) is 36.4 Å². The maximum Gasteiger partial charge on any atom is 0.328 e. The first-order valence-electron chi connectivity index (χ1n) is 10.1. The molecule has 1 fully saturated rings. The molecule has 0 aliphatic carbocycles. The Bertz CT molecular complexity index is 913. The summed E-state index contributed by atoms with van der Waals surface area (Å²) in [6, 6.07) is 11.4. The molecule has 0 bridgehead atoms. The molecule has 2 aliphatic heterocycles. The molecule has 1 saturated heterocycles. The summed E-state index contributed by atoms with van der Waals surface area (Å²) in [7, 11) is 1.38. The lowest BCUT2D eigenvalue weighted by Crippen LogP contribution is -2.54. The number of ether oxygens (including phenoxy) is 1. The van der Waals surface area contributed by atoms with Crippen LogP contribution >= 0.6 is 15.9 Å². The number of amides is 1. The van der Waals surface area contributed by atoms with Crippen LogP contribution in [0.3, 0.4) is 0 Å². The van der Waals surface area contributed by atoms with E-state index < -0.39 is 6.04 Å². The molecule has 4 rings (SSSR count). The Balaban J connectivity index is 1.39. The highest BCUT2D eigenvalue weighted by molar-refractivity contribution is 9.10. The highest BCUT2D eigenvalue weighted by Gasteiger charge is 2.36. The topological polar surface area (TPSA) is 66.0 Å². The van der Waals surface area contributed by atoms with E-state index in [2.05, 4.69) is 30.7 Å². The van der Waals surface area contributed by atoms with Gasteiger partial charge in [-0.1, -0.05) is 24.3 Å². The highest BCUT2D eigenvalue weighted by atomic mass is 79.9. The van der Waals surface area contributed by atoms with E-state index in [9.17, 15) is 9.59 Å². The van der Waals surface area contributed by atoms with Crippen LogP contribution in [0.1, 0.15) is 11.1 Å². The SMILES string of the molecule is COC(=O)C1Cc2ccccc2CN1C(=O)CN1CCN(c2ccc(Br)cn2)CC1. The van der Waals surface area contributed by atoms with Crippen molar-refractivity contribution in [2.75, 3.05) is 44.7 Å². The van der Waals surface area contributed by atoms with E-state index in [4.69, 9.17) is 4.74 Å². The first-order valence-corrected chi connectivity index (χ1v) is 10.9. The van der Waals surface area contributed by atoms with Crippen molar-refractivity contribution in [2.24, 2.45) is 0 Å². The molecule has 3 heterocycles. The van der Waals surface area contributed by atoms with Crippen LogP contribution in [-0.4, -0.2) is 72.5 Å². The number of piperazine rings is 1. The molecule has 1 atom stereocenters. The molecule has 30 heavy (non-hydrogen) atoms. The number of rotatable bonds is 4. The van der Waals surface area contributed by atoms with Gasteiger partial charge in [0.05, 0.1) is 13.7 Å². The lowest BCUT2D eigenvalue weighted by atomic mass is 9.94. The molecule has 0 radical (unpaired) electrons. The summed E-state index contributed by atoms with van der Waals surface area (Å²) >= 11 is 3.41. The minimum Gasteiger partial charge on any atom is -0.467 e. The predicted octanol–water partition coefficient (Wildman–Crippen LogP) is 2.09. The zero-order valence-corrected chi connectivity index (χ0v) is 18.5. The number of fused-ring (bicyclic) bond motifs is 1. The third kappa shape index (κ3) is 4.49. The number of carbonyl (C=O) groups is 2.